The van der Waals surface area contributed by atoms with Crippen LogP contribution in [0.2, 0.25) is 0 Å². The molecule has 0 aliphatic carbocycles. The van der Waals surface area contributed by atoms with Crippen molar-refractivity contribution in [3.63, 3.8) is 0 Å². The molecule has 0 aromatic heterocycles. The molecular weight excluding hydrogens is 206 g/mol. The molecule has 4 heteroatoms. The lowest BCUT2D eigenvalue weighted by atomic mass is 10.3. The molecule has 0 bridgehead atoms. The fourth-order valence-corrected chi connectivity index (χ4v) is 0.841. The number of hydrogen-bond acceptors (Lipinski definition) is 1. The summed E-state index contributed by atoms with van der Waals surface area (Å²) in [5.74, 6) is 0.503. The molecule has 0 amide bonds. The number of halogens is 3. The van der Waals surface area contributed by atoms with Crippen molar-refractivity contribution in [1.29, 1.82) is 0 Å². The molecule has 0 heterocycles. The summed E-state index contributed by atoms with van der Waals surface area (Å²) in [4.78, 5) is 0. The molecule has 0 spiro atoms. The van der Waals surface area contributed by atoms with Crippen molar-refractivity contribution in [3.05, 3.63) is 30.3 Å². The Kier molecular flexibility index (Phi) is 2.88. The molecule has 0 saturated carbocycles. The van der Waals surface area contributed by atoms with Gasteiger partial charge >= 0.3 is 3.98 Å². The summed E-state index contributed by atoms with van der Waals surface area (Å²) in [7, 11) is 0. The van der Waals surface area contributed by atoms with Gasteiger partial charge in [-0.25, -0.2) is 0 Å². The van der Waals surface area contributed by atoms with E-state index in [2.05, 4.69) is 6.07 Å². The second-order valence-electron chi connectivity index (χ2n) is 1.78. The lowest BCUT2D eigenvalue weighted by molar-refractivity contribution is 0.320. The highest BCUT2D eigenvalue weighted by Gasteiger charge is 2.21. The van der Waals surface area contributed by atoms with E-state index in [1.165, 1.54) is 0 Å². The van der Waals surface area contributed by atoms with Crippen molar-refractivity contribution >= 4 is 34.8 Å². The average molecular weight is 210 g/mol. The molecule has 0 aliphatic rings. The molecule has 1 nitrogen and oxygen atoms in total. The molecular formula is C7H4Cl3O. The monoisotopic (exact) mass is 209 g/mol. The van der Waals surface area contributed by atoms with Crippen LogP contribution in [0, 0.1) is 6.07 Å². The summed E-state index contributed by atoms with van der Waals surface area (Å²) in [6.07, 6.45) is 0. The summed E-state index contributed by atoms with van der Waals surface area (Å²) in [6, 6.07) is 9.46. The van der Waals surface area contributed by atoms with Crippen molar-refractivity contribution in [1.82, 2.24) is 0 Å². The van der Waals surface area contributed by atoms with Crippen LogP contribution in [0.5, 0.6) is 5.75 Å². The van der Waals surface area contributed by atoms with Gasteiger partial charge in [0.1, 0.15) is 5.75 Å². The average Bonchev–Trinajstić information content (AvgIpc) is 1.85. The van der Waals surface area contributed by atoms with E-state index in [1.807, 2.05) is 0 Å². The lowest BCUT2D eigenvalue weighted by Crippen LogP contribution is -2.12. The van der Waals surface area contributed by atoms with E-state index in [-0.39, 0.29) is 0 Å². The second-order valence-corrected chi connectivity index (χ2v) is 3.96. The maximum Gasteiger partial charge on any atom is 0.338 e. The summed E-state index contributed by atoms with van der Waals surface area (Å²) in [5.41, 5.74) is 0. The van der Waals surface area contributed by atoms with E-state index in [1.54, 1.807) is 24.3 Å². The highest BCUT2D eigenvalue weighted by molar-refractivity contribution is 6.66. The lowest BCUT2D eigenvalue weighted by Gasteiger charge is -2.12. The Morgan fingerprint density at radius 2 is 1.73 bits per heavy atom. The predicted molar refractivity (Wildman–Crippen MR) is 46.2 cm³/mol. The SMILES string of the molecule is ClC(Cl)(Cl)Oc1cc[c]cc1. The predicted octanol–water partition coefficient (Wildman–Crippen LogP) is 3.19. The fraction of sp³-hybridized carbons (Fsp3) is 0.143. The fourth-order valence-electron chi connectivity index (χ4n) is 0.573. The number of rotatable bonds is 1. The van der Waals surface area contributed by atoms with Crippen molar-refractivity contribution in [2.24, 2.45) is 0 Å². The van der Waals surface area contributed by atoms with Gasteiger partial charge in [-0.15, -0.1) is 0 Å². The molecule has 0 aliphatic heterocycles. The first kappa shape index (κ1) is 8.98. The maximum atomic E-state index is 5.37. The first-order chi connectivity index (χ1) is 5.08. The van der Waals surface area contributed by atoms with Gasteiger partial charge in [-0.1, -0.05) is 12.1 Å². The summed E-state index contributed by atoms with van der Waals surface area (Å²) >= 11 is 16.1. The van der Waals surface area contributed by atoms with Gasteiger partial charge in [0.2, 0.25) is 0 Å². The van der Waals surface area contributed by atoms with E-state index in [4.69, 9.17) is 39.5 Å². The van der Waals surface area contributed by atoms with Crippen molar-refractivity contribution < 1.29 is 4.74 Å². The Bertz CT molecular complexity index is 217. The summed E-state index contributed by atoms with van der Waals surface area (Å²) in [6.45, 7) is 0. The van der Waals surface area contributed by atoms with Crippen LogP contribution in [0.1, 0.15) is 0 Å². The number of alkyl halides is 3. The van der Waals surface area contributed by atoms with E-state index in [0.29, 0.717) is 5.75 Å². The Morgan fingerprint density at radius 1 is 1.18 bits per heavy atom. The minimum atomic E-state index is -1.69. The molecule has 11 heavy (non-hydrogen) atoms. The highest BCUT2D eigenvalue weighted by Crippen LogP contribution is 2.29. The normalized spacial score (nSPS) is 11.2. The third-order valence-corrected chi connectivity index (χ3v) is 1.15. The van der Waals surface area contributed by atoms with Crippen molar-refractivity contribution in [3.8, 4) is 5.75 Å². The largest absolute Gasteiger partial charge is 0.446 e. The van der Waals surface area contributed by atoms with E-state index in [9.17, 15) is 0 Å². The molecule has 0 saturated heterocycles. The Balaban J connectivity index is 2.66. The first-order valence-corrected chi connectivity index (χ1v) is 3.93. The number of benzene rings is 1. The minimum Gasteiger partial charge on any atom is -0.446 e. The van der Waals surface area contributed by atoms with Crippen LogP contribution in [0.4, 0.5) is 0 Å². The van der Waals surface area contributed by atoms with Crippen LogP contribution < -0.4 is 4.74 Å². The molecule has 1 aromatic carbocycles. The maximum absolute atomic E-state index is 5.37. The molecule has 0 atom stereocenters. The van der Waals surface area contributed by atoms with Crippen LogP contribution in [-0.2, 0) is 0 Å². The Labute approximate surface area is 79.8 Å². The van der Waals surface area contributed by atoms with Gasteiger partial charge in [0.05, 0.1) is 0 Å². The molecule has 0 unspecified atom stereocenters. The van der Waals surface area contributed by atoms with Crippen LogP contribution in [0.3, 0.4) is 0 Å². The van der Waals surface area contributed by atoms with E-state index < -0.39 is 3.98 Å². The zero-order valence-corrected chi connectivity index (χ0v) is 7.62. The van der Waals surface area contributed by atoms with Gasteiger partial charge in [-0.2, -0.15) is 0 Å². The van der Waals surface area contributed by atoms with Gasteiger partial charge < -0.3 is 4.74 Å². The number of ether oxygens (including phenoxy) is 1. The van der Waals surface area contributed by atoms with Crippen LogP contribution in [-0.4, -0.2) is 3.98 Å². The van der Waals surface area contributed by atoms with Gasteiger partial charge in [-0.05, 0) is 53.0 Å². The van der Waals surface area contributed by atoms with Crippen molar-refractivity contribution in [2.75, 3.05) is 0 Å². The Morgan fingerprint density at radius 3 is 2.18 bits per heavy atom. The van der Waals surface area contributed by atoms with Crippen LogP contribution in [0.15, 0.2) is 24.3 Å². The molecule has 1 aromatic rings. The topological polar surface area (TPSA) is 9.23 Å². The molecule has 0 N–H and O–H groups in total. The van der Waals surface area contributed by atoms with E-state index >= 15 is 0 Å². The van der Waals surface area contributed by atoms with Gasteiger partial charge in [0.25, 0.3) is 0 Å². The third-order valence-electron chi connectivity index (χ3n) is 0.921. The zero-order chi connectivity index (χ0) is 8.32. The second kappa shape index (κ2) is 3.53. The molecule has 1 radical (unpaired) electrons. The molecule has 59 valence electrons. The van der Waals surface area contributed by atoms with Crippen LogP contribution in [0.25, 0.3) is 0 Å². The van der Waals surface area contributed by atoms with Gasteiger partial charge in [0.15, 0.2) is 0 Å². The highest BCUT2D eigenvalue weighted by atomic mass is 35.6. The molecule has 0 fully saturated rings. The Hall–Kier alpha value is -0.110. The minimum absolute atomic E-state index is 0.503. The zero-order valence-electron chi connectivity index (χ0n) is 5.35. The van der Waals surface area contributed by atoms with Crippen LogP contribution >= 0.6 is 34.8 Å². The third kappa shape index (κ3) is 3.71. The summed E-state index contributed by atoms with van der Waals surface area (Å²) < 4.78 is 3.18. The smallest absolute Gasteiger partial charge is 0.338 e. The molecule has 1 rings (SSSR count). The first-order valence-electron chi connectivity index (χ1n) is 2.80. The quantitative estimate of drug-likeness (QED) is 0.647. The van der Waals surface area contributed by atoms with Gasteiger partial charge in [0, 0.05) is 0 Å². The van der Waals surface area contributed by atoms with Gasteiger partial charge in [-0.3, -0.25) is 0 Å². The van der Waals surface area contributed by atoms with Crippen molar-refractivity contribution in [2.45, 2.75) is 3.98 Å². The summed E-state index contributed by atoms with van der Waals surface area (Å²) in [5, 5.41) is 0. The van der Waals surface area contributed by atoms with E-state index in [0.717, 1.165) is 0 Å². The number of hydrogen-bond donors (Lipinski definition) is 0. The standard InChI is InChI=1S/C7H4Cl3O/c8-7(9,10)11-6-4-2-1-3-5-6/h2-5H.